The molecule has 6 nitrogen and oxygen atoms in total. The maximum atomic E-state index is 10.6. The molecule has 0 spiro atoms. The average Bonchev–Trinajstić information content (AvgIpc) is 2.41. The normalized spacial score (nSPS) is 40.7. The zero-order valence-corrected chi connectivity index (χ0v) is 8.71. The second kappa shape index (κ2) is 4.54. The van der Waals surface area contributed by atoms with Crippen molar-refractivity contribution in [3.63, 3.8) is 0 Å². The summed E-state index contributed by atoms with van der Waals surface area (Å²) in [6.07, 6.45) is -3.84. The van der Waals surface area contributed by atoms with Gasteiger partial charge in [-0.05, 0) is 6.92 Å². The van der Waals surface area contributed by atoms with E-state index in [9.17, 15) is 20.1 Å². The highest BCUT2D eigenvalue weighted by atomic mass is 16.8. The summed E-state index contributed by atoms with van der Waals surface area (Å²) in [4.78, 5) is 10.6. The van der Waals surface area contributed by atoms with Crippen LogP contribution in [0.4, 0.5) is 0 Å². The van der Waals surface area contributed by atoms with E-state index in [2.05, 4.69) is 0 Å². The van der Waals surface area contributed by atoms with Crippen LogP contribution in [0.2, 0.25) is 0 Å². The first-order valence-electron chi connectivity index (χ1n) is 4.78. The number of aliphatic hydroxyl groups is 3. The minimum atomic E-state index is -1.80. The van der Waals surface area contributed by atoms with Gasteiger partial charge < -0.3 is 24.8 Å². The SMILES string of the molecule is CC[C@]1(O)O[C@H](OCC(C)=O)[C@H](O)[C@H]1O. The van der Waals surface area contributed by atoms with Crippen LogP contribution in [0.5, 0.6) is 0 Å². The molecule has 0 aliphatic carbocycles. The number of carbonyl (C=O) groups excluding carboxylic acids is 1. The molecule has 3 N–H and O–H groups in total. The summed E-state index contributed by atoms with van der Waals surface area (Å²) in [5, 5.41) is 28.6. The molecule has 0 radical (unpaired) electrons. The maximum absolute atomic E-state index is 10.6. The molecule has 0 bridgehead atoms. The Morgan fingerprint density at radius 3 is 2.53 bits per heavy atom. The van der Waals surface area contributed by atoms with Gasteiger partial charge in [0.2, 0.25) is 0 Å². The molecule has 0 unspecified atom stereocenters. The molecule has 0 saturated carbocycles. The molecule has 1 aliphatic rings. The molecule has 88 valence electrons. The van der Waals surface area contributed by atoms with Crippen LogP contribution in [0.1, 0.15) is 20.3 Å². The maximum Gasteiger partial charge on any atom is 0.197 e. The standard InChI is InChI=1S/C9H16O6/c1-3-9(13)7(12)6(11)8(15-9)14-4-5(2)10/h6-8,11-13H,3-4H2,1-2H3/t6-,7-,8+,9+/m1/s1. The summed E-state index contributed by atoms with van der Waals surface area (Å²) in [7, 11) is 0. The zero-order chi connectivity index (χ0) is 11.6. The molecule has 1 rings (SSSR count). The van der Waals surface area contributed by atoms with Gasteiger partial charge in [0.15, 0.2) is 17.9 Å². The number of ether oxygens (including phenoxy) is 2. The van der Waals surface area contributed by atoms with E-state index in [-0.39, 0.29) is 18.8 Å². The van der Waals surface area contributed by atoms with Gasteiger partial charge in [0.25, 0.3) is 0 Å². The molecule has 0 aromatic heterocycles. The Labute approximate surface area is 87.4 Å². The molecule has 1 fully saturated rings. The van der Waals surface area contributed by atoms with Crippen LogP contribution in [0, 0.1) is 0 Å². The quantitative estimate of drug-likeness (QED) is 0.549. The van der Waals surface area contributed by atoms with Gasteiger partial charge in [0.05, 0.1) is 0 Å². The predicted octanol–water partition coefficient (Wildman–Crippen LogP) is -1.23. The summed E-state index contributed by atoms with van der Waals surface area (Å²) >= 11 is 0. The van der Waals surface area contributed by atoms with Crippen LogP contribution >= 0.6 is 0 Å². The summed E-state index contributed by atoms with van der Waals surface area (Å²) in [6.45, 7) is 2.70. The lowest BCUT2D eigenvalue weighted by atomic mass is 10.1. The third kappa shape index (κ3) is 2.53. The van der Waals surface area contributed by atoms with E-state index < -0.39 is 24.3 Å². The molecular weight excluding hydrogens is 204 g/mol. The summed E-state index contributed by atoms with van der Waals surface area (Å²) in [5.74, 6) is -2.03. The van der Waals surface area contributed by atoms with Gasteiger partial charge in [-0.2, -0.15) is 0 Å². The van der Waals surface area contributed by atoms with Gasteiger partial charge in [0.1, 0.15) is 18.8 Å². The predicted molar refractivity (Wildman–Crippen MR) is 48.8 cm³/mol. The Morgan fingerprint density at radius 2 is 2.13 bits per heavy atom. The van der Waals surface area contributed by atoms with E-state index in [0.29, 0.717) is 0 Å². The van der Waals surface area contributed by atoms with Gasteiger partial charge in [-0.3, -0.25) is 4.79 Å². The number of rotatable bonds is 4. The Hall–Kier alpha value is -0.530. The van der Waals surface area contributed by atoms with Crippen LogP contribution in [0.25, 0.3) is 0 Å². The van der Waals surface area contributed by atoms with Crippen molar-refractivity contribution in [2.45, 2.75) is 44.6 Å². The molecule has 1 saturated heterocycles. The highest BCUT2D eigenvalue weighted by Crippen LogP contribution is 2.32. The van der Waals surface area contributed by atoms with Crippen molar-refractivity contribution in [1.29, 1.82) is 0 Å². The Balaban J connectivity index is 2.59. The van der Waals surface area contributed by atoms with E-state index in [0.717, 1.165) is 0 Å². The van der Waals surface area contributed by atoms with E-state index >= 15 is 0 Å². The van der Waals surface area contributed by atoms with Gasteiger partial charge in [0, 0.05) is 6.42 Å². The van der Waals surface area contributed by atoms with Gasteiger partial charge in [-0.25, -0.2) is 0 Å². The van der Waals surface area contributed by atoms with E-state index in [4.69, 9.17) is 9.47 Å². The molecule has 0 aromatic rings. The third-order valence-electron chi connectivity index (χ3n) is 2.34. The summed E-state index contributed by atoms with van der Waals surface area (Å²) in [6, 6.07) is 0. The van der Waals surface area contributed by atoms with E-state index in [1.54, 1.807) is 6.92 Å². The monoisotopic (exact) mass is 220 g/mol. The number of carbonyl (C=O) groups is 1. The highest BCUT2D eigenvalue weighted by Gasteiger charge is 2.52. The van der Waals surface area contributed by atoms with E-state index in [1.807, 2.05) is 0 Å². The van der Waals surface area contributed by atoms with Crippen molar-refractivity contribution in [2.75, 3.05) is 6.61 Å². The Morgan fingerprint density at radius 1 is 1.53 bits per heavy atom. The lowest BCUT2D eigenvalue weighted by molar-refractivity contribution is -0.268. The number of aliphatic hydroxyl groups excluding tert-OH is 2. The van der Waals surface area contributed by atoms with Crippen LogP contribution in [0.3, 0.4) is 0 Å². The highest BCUT2D eigenvalue weighted by molar-refractivity contribution is 5.76. The van der Waals surface area contributed by atoms with Crippen LogP contribution in [-0.2, 0) is 14.3 Å². The molecule has 0 amide bonds. The number of hydrogen-bond acceptors (Lipinski definition) is 6. The fraction of sp³-hybridized carbons (Fsp3) is 0.889. The van der Waals surface area contributed by atoms with Crippen molar-refractivity contribution in [1.82, 2.24) is 0 Å². The molecule has 0 aromatic carbocycles. The zero-order valence-electron chi connectivity index (χ0n) is 8.71. The molecular formula is C9H16O6. The lowest BCUT2D eigenvalue weighted by Crippen LogP contribution is -2.42. The molecule has 6 heteroatoms. The fourth-order valence-electron chi connectivity index (χ4n) is 1.38. The first-order chi connectivity index (χ1) is 6.90. The van der Waals surface area contributed by atoms with Gasteiger partial charge in [-0.1, -0.05) is 6.92 Å². The second-order valence-corrected chi connectivity index (χ2v) is 3.63. The first-order valence-corrected chi connectivity index (χ1v) is 4.78. The molecule has 1 aliphatic heterocycles. The minimum Gasteiger partial charge on any atom is -0.385 e. The summed E-state index contributed by atoms with van der Waals surface area (Å²) < 4.78 is 9.86. The average molecular weight is 220 g/mol. The van der Waals surface area contributed by atoms with Crippen LogP contribution in [0.15, 0.2) is 0 Å². The minimum absolute atomic E-state index is 0.116. The van der Waals surface area contributed by atoms with Crippen molar-refractivity contribution >= 4 is 5.78 Å². The van der Waals surface area contributed by atoms with Crippen molar-refractivity contribution < 1.29 is 29.6 Å². The molecule has 15 heavy (non-hydrogen) atoms. The number of hydrogen-bond donors (Lipinski definition) is 3. The molecule has 4 atom stereocenters. The third-order valence-corrected chi connectivity index (χ3v) is 2.34. The van der Waals surface area contributed by atoms with Crippen molar-refractivity contribution in [3.05, 3.63) is 0 Å². The van der Waals surface area contributed by atoms with Crippen molar-refractivity contribution in [2.24, 2.45) is 0 Å². The van der Waals surface area contributed by atoms with Crippen LogP contribution in [-0.4, -0.2) is 52.0 Å². The topological polar surface area (TPSA) is 96.2 Å². The number of Topliss-reactive ketones (excluding diaryl/α,β-unsaturated/α-hetero) is 1. The number of ketones is 1. The largest absolute Gasteiger partial charge is 0.385 e. The second-order valence-electron chi connectivity index (χ2n) is 3.63. The Kier molecular flexibility index (Phi) is 3.80. The van der Waals surface area contributed by atoms with E-state index in [1.165, 1.54) is 6.92 Å². The smallest absolute Gasteiger partial charge is 0.197 e. The van der Waals surface area contributed by atoms with Gasteiger partial charge in [-0.15, -0.1) is 0 Å². The molecule has 1 heterocycles. The summed E-state index contributed by atoms with van der Waals surface area (Å²) in [5.41, 5.74) is 0. The van der Waals surface area contributed by atoms with Crippen LogP contribution < -0.4 is 0 Å². The first kappa shape index (κ1) is 12.5. The Bertz CT molecular complexity index is 243. The van der Waals surface area contributed by atoms with Gasteiger partial charge >= 0.3 is 0 Å². The fourth-order valence-corrected chi connectivity index (χ4v) is 1.38. The van der Waals surface area contributed by atoms with Crippen molar-refractivity contribution in [3.8, 4) is 0 Å². The lowest BCUT2D eigenvalue weighted by Gasteiger charge is -2.23.